The molecule has 1 atom stereocenters. The fourth-order valence-corrected chi connectivity index (χ4v) is 4.97. The Kier molecular flexibility index (Phi) is 10.1. The van der Waals surface area contributed by atoms with Crippen LogP contribution >= 0.6 is 0 Å². The summed E-state index contributed by atoms with van der Waals surface area (Å²) < 4.78 is 16.1. The van der Waals surface area contributed by atoms with Gasteiger partial charge in [-0.2, -0.15) is 0 Å². The van der Waals surface area contributed by atoms with Crippen LogP contribution < -0.4 is 20.1 Å². The van der Waals surface area contributed by atoms with Crippen molar-refractivity contribution in [1.29, 1.82) is 0 Å². The summed E-state index contributed by atoms with van der Waals surface area (Å²) in [4.78, 5) is 43.1. The number of ether oxygens (including phenoxy) is 3. The molecule has 0 aliphatic rings. The first-order valence-electron chi connectivity index (χ1n) is 14.6. The van der Waals surface area contributed by atoms with Crippen LogP contribution in [-0.2, 0) is 20.9 Å². The van der Waals surface area contributed by atoms with E-state index < -0.39 is 29.9 Å². The Morgan fingerprint density at radius 3 is 1.93 bits per heavy atom. The van der Waals surface area contributed by atoms with Gasteiger partial charge in [0.05, 0.1) is 20.3 Å². The summed E-state index contributed by atoms with van der Waals surface area (Å²) in [5, 5.41) is 6.80. The summed E-state index contributed by atoms with van der Waals surface area (Å²) in [6.07, 6.45) is -0.0446. The Morgan fingerprint density at radius 1 is 0.733 bits per heavy atom. The van der Waals surface area contributed by atoms with E-state index in [4.69, 9.17) is 14.2 Å². The van der Waals surface area contributed by atoms with Gasteiger partial charge in [-0.3, -0.25) is 14.4 Å². The summed E-state index contributed by atoms with van der Waals surface area (Å²) >= 11 is 0. The average Bonchev–Trinajstić information content (AvgIpc) is 3.53. The number of aromatic nitrogens is 1. The summed E-state index contributed by atoms with van der Waals surface area (Å²) in [6, 6.07) is 31.7. The van der Waals surface area contributed by atoms with Crippen LogP contribution in [0.4, 0.5) is 0 Å². The molecule has 230 valence electrons. The van der Waals surface area contributed by atoms with Crippen LogP contribution in [0.1, 0.15) is 46.1 Å². The van der Waals surface area contributed by atoms with Crippen molar-refractivity contribution >= 4 is 28.7 Å². The number of H-pyrrole nitrogens is 1. The van der Waals surface area contributed by atoms with Gasteiger partial charge < -0.3 is 29.8 Å². The van der Waals surface area contributed by atoms with Gasteiger partial charge in [-0.1, -0.05) is 72.8 Å². The lowest BCUT2D eigenvalue weighted by Gasteiger charge is -2.24. The van der Waals surface area contributed by atoms with Crippen molar-refractivity contribution in [3.8, 4) is 11.5 Å². The number of hydrogen-bond acceptors (Lipinski definition) is 6. The van der Waals surface area contributed by atoms with Crippen molar-refractivity contribution in [2.75, 3.05) is 14.2 Å². The van der Waals surface area contributed by atoms with Crippen LogP contribution in [0.3, 0.4) is 0 Å². The van der Waals surface area contributed by atoms with Crippen molar-refractivity contribution in [2.24, 2.45) is 0 Å². The summed E-state index contributed by atoms with van der Waals surface area (Å²) in [5.41, 5.74) is 3.57. The van der Waals surface area contributed by atoms with Crippen LogP contribution in [0.5, 0.6) is 11.5 Å². The number of aromatic amines is 1. The Hall–Kier alpha value is -5.57. The highest BCUT2D eigenvalue weighted by Crippen LogP contribution is 2.26. The van der Waals surface area contributed by atoms with Crippen molar-refractivity contribution in [3.63, 3.8) is 0 Å². The van der Waals surface area contributed by atoms with E-state index in [0.717, 1.165) is 27.6 Å². The molecule has 1 heterocycles. The second-order valence-electron chi connectivity index (χ2n) is 10.5. The number of carbonyl (C=O) groups excluding carboxylic acids is 3. The molecule has 0 saturated carbocycles. The first-order chi connectivity index (χ1) is 21.9. The van der Waals surface area contributed by atoms with Crippen molar-refractivity contribution in [2.45, 2.75) is 31.5 Å². The molecule has 3 N–H and O–H groups in total. The molecule has 0 spiro atoms. The van der Waals surface area contributed by atoms with E-state index in [2.05, 4.69) is 15.6 Å². The molecule has 9 heteroatoms. The minimum atomic E-state index is -1.04. The molecule has 0 fully saturated rings. The molecule has 0 aliphatic heterocycles. The van der Waals surface area contributed by atoms with Crippen molar-refractivity contribution < 1.29 is 28.6 Å². The van der Waals surface area contributed by atoms with Gasteiger partial charge in [0.25, 0.3) is 5.91 Å². The maximum atomic E-state index is 13.9. The number of esters is 1. The fraction of sp³-hybridized carbons (Fsp3) is 0.194. The van der Waals surface area contributed by atoms with Crippen LogP contribution in [0, 0.1) is 0 Å². The minimum Gasteiger partial charge on any atom is -0.497 e. The Labute approximate surface area is 261 Å². The molecule has 0 bridgehead atoms. The number of amides is 2. The summed E-state index contributed by atoms with van der Waals surface area (Å²) in [5.74, 6) is -0.0353. The number of carbonyl (C=O) groups is 3. The van der Waals surface area contributed by atoms with E-state index in [1.807, 2.05) is 103 Å². The third-order valence-electron chi connectivity index (χ3n) is 7.46. The number of hydrogen-bond donors (Lipinski definition) is 3. The lowest BCUT2D eigenvalue weighted by Crippen LogP contribution is -2.48. The second kappa shape index (κ2) is 14.7. The number of rotatable bonds is 13. The van der Waals surface area contributed by atoms with Gasteiger partial charge in [0, 0.05) is 17.3 Å². The first-order valence-corrected chi connectivity index (χ1v) is 14.6. The van der Waals surface area contributed by atoms with Crippen molar-refractivity contribution in [1.82, 2.24) is 15.6 Å². The molecule has 5 rings (SSSR count). The van der Waals surface area contributed by atoms with E-state index >= 15 is 0 Å². The molecule has 1 aromatic heterocycles. The van der Waals surface area contributed by atoms with Crippen molar-refractivity contribution in [3.05, 3.63) is 132 Å². The quantitative estimate of drug-likeness (QED) is 0.148. The molecule has 2 amide bonds. The third kappa shape index (κ3) is 8.08. The van der Waals surface area contributed by atoms with Gasteiger partial charge in [-0.05, 0) is 59.5 Å². The molecule has 0 radical (unpaired) electrons. The van der Waals surface area contributed by atoms with Gasteiger partial charge >= 0.3 is 5.97 Å². The van der Waals surface area contributed by atoms with E-state index in [9.17, 15) is 14.4 Å². The monoisotopic (exact) mass is 605 g/mol. The topological polar surface area (TPSA) is 119 Å². The van der Waals surface area contributed by atoms with Crippen LogP contribution in [0.2, 0.25) is 0 Å². The smallest absolute Gasteiger partial charge is 0.306 e. The number of methoxy groups -OCH3 is 2. The van der Waals surface area contributed by atoms with Gasteiger partial charge in [-0.25, -0.2) is 0 Å². The predicted octanol–water partition coefficient (Wildman–Crippen LogP) is 5.71. The molecule has 0 saturated heterocycles. The minimum absolute atomic E-state index is 0.0311. The predicted molar refractivity (Wildman–Crippen MR) is 171 cm³/mol. The zero-order valence-corrected chi connectivity index (χ0v) is 25.1. The van der Waals surface area contributed by atoms with E-state index in [0.29, 0.717) is 17.2 Å². The second-order valence-corrected chi connectivity index (χ2v) is 10.5. The van der Waals surface area contributed by atoms with E-state index in [-0.39, 0.29) is 19.4 Å². The third-order valence-corrected chi connectivity index (χ3v) is 7.46. The van der Waals surface area contributed by atoms with Crippen LogP contribution in [0.25, 0.3) is 10.9 Å². The number of para-hydroxylation sites is 1. The molecular formula is C36H35N3O6. The number of fused-ring (bicyclic) bond motifs is 1. The fourth-order valence-electron chi connectivity index (χ4n) is 4.97. The van der Waals surface area contributed by atoms with Gasteiger partial charge in [0.15, 0.2) is 0 Å². The van der Waals surface area contributed by atoms with E-state index in [1.54, 1.807) is 20.3 Å². The van der Waals surface area contributed by atoms with E-state index in [1.165, 1.54) is 0 Å². The number of benzene rings is 4. The highest BCUT2D eigenvalue weighted by Gasteiger charge is 2.27. The SMILES string of the molecule is COc1ccc(C(NC(=O)[C@H](CCC(=O)OCc2ccccc2)NC(=O)c2cc3ccccc3[nH]2)c2ccc(OC)cc2)cc1. The highest BCUT2D eigenvalue weighted by atomic mass is 16.5. The molecule has 4 aromatic carbocycles. The molecular weight excluding hydrogens is 570 g/mol. The van der Waals surface area contributed by atoms with Gasteiger partial charge in [0.1, 0.15) is 29.8 Å². The largest absolute Gasteiger partial charge is 0.497 e. The maximum Gasteiger partial charge on any atom is 0.306 e. The molecule has 0 unspecified atom stereocenters. The maximum absolute atomic E-state index is 13.9. The Bertz CT molecular complexity index is 1650. The zero-order valence-electron chi connectivity index (χ0n) is 25.1. The first kappa shape index (κ1) is 30.9. The lowest BCUT2D eigenvalue weighted by molar-refractivity contribution is -0.145. The van der Waals surface area contributed by atoms with Gasteiger partial charge in [-0.15, -0.1) is 0 Å². The molecule has 0 aliphatic carbocycles. The average molecular weight is 606 g/mol. The normalized spacial score (nSPS) is 11.5. The van der Waals surface area contributed by atoms with Crippen LogP contribution in [0.15, 0.2) is 109 Å². The molecule has 5 aromatic rings. The summed E-state index contributed by atoms with van der Waals surface area (Å²) in [7, 11) is 3.17. The molecule has 9 nitrogen and oxygen atoms in total. The number of nitrogens with one attached hydrogen (secondary N) is 3. The van der Waals surface area contributed by atoms with Crippen LogP contribution in [-0.4, -0.2) is 43.0 Å². The zero-order chi connectivity index (χ0) is 31.6. The lowest BCUT2D eigenvalue weighted by atomic mass is 9.97. The Morgan fingerprint density at radius 2 is 1.33 bits per heavy atom. The summed E-state index contributed by atoms with van der Waals surface area (Å²) in [6.45, 7) is 0.120. The standard InChI is InChI=1S/C36H35N3O6/c1-43-28-16-12-25(13-17-28)34(26-14-18-29(44-2)19-15-26)39-35(41)31(20-21-33(40)45-23-24-8-4-3-5-9-24)38-36(42)32-22-27-10-6-7-11-30(27)37-32/h3-19,22,31,34,37H,20-21,23H2,1-2H3,(H,38,42)(H,39,41)/t31-/m0/s1. The highest BCUT2D eigenvalue weighted by molar-refractivity contribution is 6.00. The Balaban J connectivity index is 1.36. The molecule has 45 heavy (non-hydrogen) atoms. The van der Waals surface area contributed by atoms with Gasteiger partial charge in [0.2, 0.25) is 5.91 Å².